The van der Waals surface area contributed by atoms with E-state index in [1.807, 2.05) is 24.3 Å². The second kappa shape index (κ2) is 10.5. The highest BCUT2D eigenvalue weighted by Crippen LogP contribution is 2.23. The summed E-state index contributed by atoms with van der Waals surface area (Å²) in [6.07, 6.45) is 2.24. The van der Waals surface area contributed by atoms with Gasteiger partial charge in [-0.15, -0.1) is 0 Å². The molecule has 0 amide bonds. The normalized spacial score (nSPS) is 11.3. The van der Waals surface area contributed by atoms with Gasteiger partial charge in [0.15, 0.2) is 5.60 Å². The molecule has 0 fully saturated rings. The summed E-state index contributed by atoms with van der Waals surface area (Å²) < 4.78 is 19.2. The first-order valence-corrected chi connectivity index (χ1v) is 11.0. The van der Waals surface area contributed by atoms with Crippen molar-refractivity contribution in [3.8, 4) is 17.2 Å². The van der Waals surface area contributed by atoms with Crippen molar-refractivity contribution in [1.29, 1.82) is 0 Å². The Morgan fingerprint density at radius 2 is 1.59 bits per heavy atom. The van der Waals surface area contributed by atoms with Crippen LogP contribution in [0, 0.1) is 0 Å². The average molecular weight is 470 g/mol. The number of benzene rings is 2. The van der Waals surface area contributed by atoms with Crippen LogP contribution in [0.1, 0.15) is 37.2 Å². The third-order valence-corrected chi connectivity index (χ3v) is 5.55. The first-order chi connectivity index (χ1) is 16.1. The van der Waals surface area contributed by atoms with Crippen LogP contribution >= 0.6 is 0 Å². The molecule has 0 spiro atoms. The standard InChI is InChI=1S/C25H31N3O6/c1-25(2,23(29)30)34-19-11-9-17(10-12-19)7-6-8-22-26-28(24(31)27(22)3)16-18-13-20(32-4)15-21(14-18)33-5/h9-15H,6-8,16H2,1-5H3,(H,29,30). The monoisotopic (exact) mass is 469 g/mol. The van der Waals surface area contributed by atoms with Gasteiger partial charge in [-0.05, 0) is 62.1 Å². The van der Waals surface area contributed by atoms with Crippen molar-refractivity contribution in [2.45, 2.75) is 45.3 Å². The summed E-state index contributed by atoms with van der Waals surface area (Å²) in [6.45, 7) is 3.34. The van der Waals surface area contributed by atoms with Crippen molar-refractivity contribution in [2.24, 2.45) is 7.05 Å². The van der Waals surface area contributed by atoms with Crippen LogP contribution in [0.4, 0.5) is 0 Å². The van der Waals surface area contributed by atoms with Crippen LogP contribution in [0.5, 0.6) is 17.2 Å². The number of aryl methyl sites for hydroxylation is 2. The van der Waals surface area contributed by atoms with Gasteiger partial charge in [-0.1, -0.05) is 12.1 Å². The lowest BCUT2D eigenvalue weighted by molar-refractivity contribution is -0.152. The first-order valence-electron chi connectivity index (χ1n) is 11.0. The number of hydrogen-bond acceptors (Lipinski definition) is 6. The molecule has 3 rings (SSSR count). The predicted octanol–water partition coefficient (Wildman–Crippen LogP) is 3.06. The Hall–Kier alpha value is -3.75. The Morgan fingerprint density at radius 3 is 2.15 bits per heavy atom. The van der Waals surface area contributed by atoms with E-state index in [-0.39, 0.29) is 5.69 Å². The van der Waals surface area contributed by atoms with E-state index in [2.05, 4.69) is 5.10 Å². The fourth-order valence-electron chi connectivity index (χ4n) is 3.50. The molecule has 1 aromatic heterocycles. The lowest BCUT2D eigenvalue weighted by Gasteiger charge is -2.21. The van der Waals surface area contributed by atoms with Crippen LogP contribution in [0.25, 0.3) is 0 Å². The van der Waals surface area contributed by atoms with Gasteiger partial charge in [-0.2, -0.15) is 5.10 Å². The summed E-state index contributed by atoms with van der Waals surface area (Å²) in [5.74, 6) is 1.50. The molecule has 0 bridgehead atoms. The molecule has 1 N–H and O–H groups in total. The number of carbonyl (C=O) groups is 1. The van der Waals surface area contributed by atoms with Gasteiger partial charge >= 0.3 is 11.7 Å². The van der Waals surface area contributed by atoms with Gasteiger partial charge in [0.2, 0.25) is 0 Å². The van der Waals surface area contributed by atoms with Gasteiger partial charge in [0, 0.05) is 19.5 Å². The smallest absolute Gasteiger partial charge is 0.347 e. The highest BCUT2D eigenvalue weighted by molar-refractivity contribution is 5.76. The molecule has 0 aliphatic heterocycles. The maximum absolute atomic E-state index is 12.7. The van der Waals surface area contributed by atoms with Gasteiger partial charge in [-0.25, -0.2) is 14.3 Å². The van der Waals surface area contributed by atoms with Crippen LogP contribution < -0.4 is 19.9 Å². The van der Waals surface area contributed by atoms with Crippen molar-refractivity contribution in [3.63, 3.8) is 0 Å². The zero-order valence-electron chi connectivity index (χ0n) is 20.2. The number of ether oxygens (including phenoxy) is 3. The van der Waals surface area contributed by atoms with Crippen LogP contribution in [0.3, 0.4) is 0 Å². The highest BCUT2D eigenvalue weighted by Gasteiger charge is 2.29. The summed E-state index contributed by atoms with van der Waals surface area (Å²) in [5.41, 5.74) is 0.477. The average Bonchev–Trinajstić information content (AvgIpc) is 3.07. The molecular formula is C25H31N3O6. The van der Waals surface area contributed by atoms with E-state index >= 15 is 0 Å². The zero-order valence-corrected chi connectivity index (χ0v) is 20.2. The van der Waals surface area contributed by atoms with E-state index in [4.69, 9.17) is 14.2 Å². The summed E-state index contributed by atoms with van der Waals surface area (Å²) in [4.78, 5) is 23.9. The van der Waals surface area contributed by atoms with Crippen LogP contribution in [-0.2, 0) is 31.2 Å². The van der Waals surface area contributed by atoms with Gasteiger partial charge in [0.25, 0.3) is 0 Å². The van der Waals surface area contributed by atoms with Crippen LogP contribution in [0.2, 0.25) is 0 Å². The Bertz CT molecular complexity index is 1170. The summed E-state index contributed by atoms with van der Waals surface area (Å²) in [7, 11) is 4.89. The van der Waals surface area contributed by atoms with E-state index in [0.717, 1.165) is 24.0 Å². The number of aliphatic carboxylic acids is 1. The molecule has 0 saturated heterocycles. The quantitative estimate of drug-likeness (QED) is 0.460. The van der Waals surface area contributed by atoms with Crippen molar-refractivity contribution in [3.05, 3.63) is 69.9 Å². The number of methoxy groups -OCH3 is 2. The van der Waals surface area contributed by atoms with Crippen molar-refractivity contribution in [2.75, 3.05) is 14.2 Å². The van der Waals surface area contributed by atoms with Gasteiger partial charge in [0.05, 0.1) is 20.8 Å². The highest BCUT2D eigenvalue weighted by atomic mass is 16.5. The molecule has 0 radical (unpaired) electrons. The molecule has 9 nitrogen and oxygen atoms in total. The molecule has 0 atom stereocenters. The molecular weight excluding hydrogens is 438 g/mol. The SMILES string of the molecule is COc1cc(Cn2nc(CCCc3ccc(OC(C)(C)C(=O)O)cc3)n(C)c2=O)cc(OC)c1. The number of nitrogens with zero attached hydrogens (tertiary/aromatic N) is 3. The van der Waals surface area contributed by atoms with E-state index < -0.39 is 11.6 Å². The molecule has 182 valence electrons. The molecule has 2 aromatic carbocycles. The number of carboxylic acids is 1. The number of hydrogen-bond donors (Lipinski definition) is 1. The van der Waals surface area contributed by atoms with E-state index in [0.29, 0.717) is 36.0 Å². The van der Waals surface area contributed by atoms with Gasteiger partial charge in [0.1, 0.15) is 23.1 Å². The second-order valence-corrected chi connectivity index (χ2v) is 8.55. The molecule has 0 unspecified atom stereocenters. The van der Waals surface area contributed by atoms with E-state index in [1.165, 1.54) is 18.5 Å². The predicted molar refractivity (Wildman–Crippen MR) is 127 cm³/mol. The third kappa shape index (κ3) is 5.98. The Kier molecular flexibility index (Phi) is 7.65. The summed E-state index contributed by atoms with van der Waals surface area (Å²) in [6, 6.07) is 12.9. The Balaban J connectivity index is 1.62. The molecule has 0 saturated carbocycles. The summed E-state index contributed by atoms with van der Waals surface area (Å²) >= 11 is 0. The maximum atomic E-state index is 12.7. The van der Waals surface area contributed by atoms with Crippen molar-refractivity contribution >= 4 is 5.97 Å². The zero-order chi connectivity index (χ0) is 24.9. The molecule has 0 aliphatic rings. The van der Waals surface area contributed by atoms with Gasteiger partial charge in [-0.3, -0.25) is 4.57 Å². The topological polar surface area (TPSA) is 105 Å². The largest absolute Gasteiger partial charge is 0.497 e. The second-order valence-electron chi connectivity index (χ2n) is 8.55. The van der Waals surface area contributed by atoms with Crippen LogP contribution in [0.15, 0.2) is 47.3 Å². The Morgan fingerprint density at radius 1 is 0.971 bits per heavy atom. The van der Waals surface area contributed by atoms with Crippen LogP contribution in [-0.4, -0.2) is 45.2 Å². The van der Waals surface area contributed by atoms with Crippen molar-refractivity contribution < 1.29 is 24.1 Å². The third-order valence-electron chi connectivity index (χ3n) is 5.55. The molecule has 0 aliphatic carbocycles. The minimum atomic E-state index is -1.29. The molecule has 1 heterocycles. The molecule has 34 heavy (non-hydrogen) atoms. The number of carboxylic acid groups (broad SMARTS) is 1. The molecule has 9 heteroatoms. The first kappa shape index (κ1) is 24.9. The minimum Gasteiger partial charge on any atom is -0.497 e. The van der Waals surface area contributed by atoms with Gasteiger partial charge < -0.3 is 19.3 Å². The lowest BCUT2D eigenvalue weighted by Crippen LogP contribution is -2.37. The van der Waals surface area contributed by atoms with E-state index in [9.17, 15) is 14.7 Å². The maximum Gasteiger partial charge on any atom is 0.347 e. The fraction of sp³-hybridized carbons (Fsp3) is 0.400. The minimum absolute atomic E-state index is 0.181. The van der Waals surface area contributed by atoms with Crippen molar-refractivity contribution in [1.82, 2.24) is 14.3 Å². The number of rotatable bonds is 11. The molecule has 3 aromatic rings. The fourth-order valence-corrected chi connectivity index (χ4v) is 3.50. The Labute approximate surface area is 198 Å². The number of aromatic nitrogens is 3. The summed E-state index contributed by atoms with van der Waals surface area (Å²) in [5, 5.41) is 13.7. The van der Waals surface area contributed by atoms with E-state index in [1.54, 1.807) is 44.0 Å². The lowest BCUT2D eigenvalue weighted by atomic mass is 10.1.